The summed E-state index contributed by atoms with van der Waals surface area (Å²) in [6.45, 7) is 0. The normalized spacial score (nSPS) is 11.9. The quantitative estimate of drug-likeness (QED) is 0.135. The van der Waals surface area contributed by atoms with E-state index in [0.29, 0.717) is 17.0 Å². The smallest absolute Gasteiger partial charge is 0.180 e. The fourth-order valence-electron chi connectivity index (χ4n) is 17.6. The van der Waals surface area contributed by atoms with E-state index in [2.05, 4.69) is 339 Å². The van der Waals surface area contributed by atoms with Crippen LogP contribution in [0.25, 0.3) is 221 Å². The van der Waals surface area contributed by atoms with Gasteiger partial charge in [-0.2, -0.15) is 0 Å². The highest BCUT2D eigenvalue weighted by Gasteiger charge is 2.24. The highest BCUT2D eigenvalue weighted by atomic mass is 16.3. The van der Waals surface area contributed by atoms with Gasteiger partial charge in [0.1, 0.15) is 39.9 Å². The van der Waals surface area contributed by atoms with Gasteiger partial charge in [0.2, 0.25) is 0 Å². The summed E-state index contributed by atoms with van der Waals surface area (Å²) in [5.41, 5.74) is 29.9. The van der Waals surface area contributed by atoms with Crippen LogP contribution >= 0.6 is 0 Å². The molecule has 0 saturated heterocycles. The standard InChI is InChI=1S/2C52H32N4O/c1-3-13-34(14-4-1)52-53-49(51-50(54-52)41-19-9-12-22-48(41)57-51)33-23-27-38(28-24-33)56-45-21-11-8-18-40(45)43-32-36(26-30-47(43)56)35-25-29-46-42(31-35)39-17-7-10-20-44(39)55(46)37-15-5-2-6-16-37;1-3-12-33(13-4-1)39-18-11-19-42-50-52(57-51(39)42)49(53-32-54-50)34-22-26-38(27-23-34)56-46-21-10-8-17-41(46)44-31-36(25-29-48(44)56)35-24-28-47-43(30-35)40-16-7-9-20-45(40)55(47)37-14-5-2-6-15-37/h2*1-32H. The van der Waals surface area contributed by atoms with Crippen molar-refractivity contribution in [1.29, 1.82) is 0 Å². The molecule has 8 heterocycles. The van der Waals surface area contributed by atoms with Crippen LogP contribution in [0.5, 0.6) is 0 Å². The first-order valence-electron chi connectivity index (χ1n) is 38.5. The molecule has 8 aromatic heterocycles. The summed E-state index contributed by atoms with van der Waals surface area (Å²) in [4.78, 5) is 19.5. The largest absolute Gasteiger partial charge is 0.452 e. The number of nitrogens with zero attached hydrogens (tertiary/aromatic N) is 8. The van der Waals surface area contributed by atoms with Crippen LogP contribution in [0.1, 0.15) is 0 Å². The van der Waals surface area contributed by atoms with Gasteiger partial charge in [0.15, 0.2) is 17.0 Å². The fraction of sp³-hybridized carbons (Fsp3) is 0. The summed E-state index contributed by atoms with van der Waals surface area (Å²) in [6, 6.07) is 136. The molecule has 0 N–H and O–H groups in total. The summed E-state index contributed by atoms with van der Waals surface area (Å²) in [5, 5.41) is 11.8. The SMILES string of the molecule is c1ccc(-c2cccc3c2oc2c(-c4ccc(-n5c6ccccc6c6cc(-c7ccc8c(c7)c7ccccc7n8-c7ccccc7)ccc65)cc4)ncnc23)cc1.c1ccc(-c2nc(-c3ccc(-n4c5ccccc5c5cc(-c6ccc7c(c6)c6ccccc6n7-c6ccccc6)ccc54)cc3)c3oc4ccccc4c3n2)cc1. The van der Waals surface area contributed by atoms with Gasteiger partial charge in [-0.25, -0.2) is 19.9 Å². The molecule has 24 aromatic rings. The van der Waals surface area contributed by atoms with Crippen molar-refractivity contribution in [3.8, 4) is 90.0 Å². The lowest BCUT2D eigenvalue weighted by Crippen LogP contribution is -1.96. The molecule has 0 saturated carbocycles. The maximum atomic E-state index is 6.62. The van der Waals surface area contributed by atoms with Crippen LogP contribution in [-0.4, -0.2) is 38.2 Å². The minimum atomic E-state index is 0.674. The summed E-state index contributed by atoms with van der Waals surface area (Å²) in [6.07, 6.45) is 1.64. The minimum absolute atomic E-state index is 0.674. The Bertz CT molecular complexity index is 7950. The van der Waals surface area contributed by atoms with Crippen molar-refractivity contribution in [2.75, 3.05) is 0 Å². The molecule has 532 valence electrons. The van der Waals surface area contributed by atoms with Crippen LogP contribution in [0, 0.1) is 0 Å². The zero-order valence-corrected chi connectivity index (χ0v) is 61.3. The second kappa shape index (κ2) is 26.1. The molecule has 0 atom stereocenters. The van der Waals surface area contributed by atoms with Crippen molar-refractivity contribution in [2.45, 2.75) is 0 Å². The zero-order valence-electron chi connectivity index (χ0n) is 61.3. The summed E-state index contributed by atoms with van der Waals surface area (Å²) < 4.78 is 22.5. The van der Waals surface area contributed by atoms with Crippen molar-refractivity contribution in [1.82, 2.24) is 38.2 Å². The molecular formula is C104H64N8O2. The van der Waals surface area contributed by atoms with Gasteiger partial charge in [-0.05, 0) is 167 Å². The molecule has 0 spiro atoms. The predicted octanol–water partition coefficient (Wildman–Crippen LogP) is 27.1. The van der Waals surface area contributed by atoms with Crippen molar-refractivity contribution < 1.29 is 8.83 Å². The first kappa shape index (κ1) is 64.5. The Hall–Kier alpha value is -15.5. The zero-order chi connectivity index (χ0) is 74.9. The maximum Gasteiger partial charge on any atom is 0.180 e. The number of fused-ring (bicyclic) bond motifs is 18. The minimum Gasteiger partial charge on any atom is -0.452 e. The molecule has 24 rings (SSSR count). The predicted molar refractivity (Wildman–Crippen MR) is 469 cm³/mol. The van der Waals surface area contributed by atoms with Crippen LogP contribution in [0.2, 0.25) is 0 Å². The highest BCUT2D eigenvalue weighted by molar-refractivity contribution is 6.16. The molecule has 114 heavy (non-hydrogen) atoms. The molecular weight excluding hydrogens is 1390 g/mol. The van der Waals surface area contributed by atoms with Crippen molar-refractivity contribution in [3.63, 3.8) is 0 Å². The van der Waals surface area contributed by atoms with Crippen molar-refractivity contribution in [3.05, 3.63) is 389 Å². The Morgan fingerprint density at radius 2 is 0.553 bits per heavy atom. The molecule has 0 aliphatic heterocycles. The van der Waals surface area contributed by atoms with E-state index in [1.54, 1.807) is 6.33 Å². The van der Waals surface area contributed by atoms with Crippen LogP contribution in [0.4, 0.5) is 0 Å². The van der Waals surface area contributed by atoms with E-state index in [4.69, 9.17) is 23.8 Å². The number of aromatic nitrogens is 8. The van der Waals surface area contributed by atoms with Gasteiger partial charge < -0.3 is 27.1 Å². The van der Waals surface area contributed by atoms with E-state index in [1.807, 2.05) is 66.7 Å². The average Bonchev–Trinajstić information content (AvgIpc) is 1.68. The van der Waals surface area contributed by atoms with Gasteiger partial charge >= 0.3 is 0 Å². The molecule has 0 aliphatic carbocycles. The molecule has 0 radical (unpaired) electrons. The molecule has 10 nitrogen and oxygen atoms in total. The van der Waals surface area contributed by atoms with Gasteiger partial charge in [-0.3, -0.25) is 0 Å². The Morgan fingerprint density at radius 1 is 0.202 bits per heavy atom. The third-order valence-corrected chi connectivity index (χ3v) is 22.8. The third-order valence-electron chi connectivity index (χ3n) is 22.8. The monoisotopic (exact) mass is 1460 g/mol. The Labute approximate surface area is 652 Å². The second-order valence-corrected chi connectivity index (χ2v) is 29.2. The van der Waals surface area contributed by atoms with E-state index in [-0.39, 0.29) is 0 Å². The molecule has 0 bridgehead atoms. The molecule has 16 aromatic carbocycles. The first-order chi connectivity index (χ1) is 56.5. The number of furan rings is 2. The van der Waals surface area contributed by atoms with Crippen molar-refractivity contribution >= 4 is 131 Å². The molecule has 0 aliphatic rings. The summed E-state index contributed by atoms with van der Waals surface area (Å²) in [5.74, 6) is 0.674. The van der Waals surface area contributed by atoms with Gasteiger partial charge in [-0.1, -0.05) is 243 Å². The number of hydrogen-bond acceptors (Lipinski definition) is 6. The summed E-state index contributed by atoms with van der Waals surface area (Å²) >= 11 is 0. The van der Waals surface area contributed by atoms with Gasteiger partial charge in [0.25, 0.3) is 0 Å². The summed E-state index contributed by atoms with van der Waals surface area (Å²) in [7, 11) is 0. The number of para-hydroxylation sites is 8. The van der Waals surface area contributed by atoms with Crippen LogP contribution in [-0.2, 0) is 0 Å². The van der Waals surface area contributed by atoms with Crippen molar-refractivity contribution in [2.24, 2.45) is 0 Å². The Balaban J connectivity index is 0.000000135. The number of hydrogen-bond donors (Lipinski definition) is 0. The molecule has 0 unspecified atom stereocenters. The van der Waals surface area contributed by atoms with Gasteiger partial charge in [-0.15, -0.1) is 0 Å². The van der Waals surface area contributed by atoms with Crippen LogP contribution in [0.15, 0.2) is 397 Å². The second-order valence-electron chi connectivity index (χ2n) is 29.2. The van der Waals surface area contributed by atoms with Gasteiger partial charge in [0, 0.05) is 98.9 Å². The fourth-order valence-corrected chi connectivity index (χ4v) is 17.6. The molecule has 10 heteroatoms. The lowest BCUT2D eigenvalue weighted by atomic mass is 10.0. The van der Waals surface area contributed by atoms with Crippen LogP contribution in [0.3, 0.4) is 0 Å². The van der Waals surface area contributed by atoms with E-state index >= 15 is 0 Å². The van der Waals surface area contributed by atoms with E-state index in [0.717, 1.165) is 117 Å². The van der Waals surface area contributed by atoms with E-state index < -0.39 is 0 Å². The highest BCUT2D eigenvalue weighted by Crippen LogP contribution is 2.45. The van der Waals surface area contributed by atoms with Gasteiger partial charge in [0.05, 0.1) is 44.1 Å². The molecule has 0 amide bonds. The lowest BCUT2D eigenvalue weighted by Gasteiger charge is -2.11. The average molecular weight is 1460 g/mol. The Kier molecular flexibility index (Phi) is 14.8. The topological polar surface area (TPSA) is 97.6 Å². The lowest BCUT2D eigenvalue weighted by molar-refractivity contribution is 0.667. The van der Waals surface area contributed by atoms with Crippen LogP contribution < -0.4 is 0 Å². The maximum absolute atomic E-state index is 6.62. The first-order valence-corrected chi connectivity index (χ1v) is 38.5. The van der Waals surface area contributed by atoms with E-state index in [9.17, 15) is 0 Å². The van der Waals surface area contributed by atoms with E-state index in [1.165, 1.54) is 87.4 Å². The number of benzene rings is 16. The molecule has 0 fully saturated rings. The number of rotatable bonds is 10. The Morgan fingerprint density at radius 3 is 1.01 bits per heavy atom. The third kappa shape index (κ3) is 10.4.